The Labute approximate surface area is 108 Å². The molecule has 18 heavy (non-hydrogen) atoms. The van der Waals surface area contributed by atoms with Gasteiger partial charge in [-0.15, -0.1) is 0 Å². The van der Waals surface area contributed by atoms with Crippen molar-refractivity contribution >= 4 is 0 Å². The number of rotatable bonds is 5. The Balaban J connectivity index is 2.13. The first-order valence-corrected chi connectivity index (χ1v) is 6.44. The highest BCUT2D eigenvalue weighted by molar-refractivity contribution is 5.62. The zero-order valence-corrected chi connectivity index (χ0v) is 11.3. The lowest BCUT2D eigenvalue weighted by molar-refractivity contribution is 0.420. The molecule has 3 nitrogen and oxygen atoms in total. The Bertz CT molecular complexity index is 517. The van der Waals surface area contributed by atoms with E-state index in [1.165, 1.54) is 11.1 Å². The van der Waals surface area contributed by atoms with Gasteiger partial charge in [0.05, 0.1) is 5.69 Å². The monoisotopic (exact) mass is 244 g/mol. The van der Waals surface area contributed by atoms with Crippen LogP contribution in [-0.2, 0) is 6.54 Å². The van der Waals surface area contributed by atoms with E-state index in [0.717, 1.165) is 36.5 Å². The van der Waals surface area contributed by atoms with Crippen LogP contribution in [0.15, 0.2) is 28.8 Å². The van der Waals surface area contributed by atoms with E-state index in [4.69, 9.17) is 4.52 Å². The minimum atomic E-state index is 0.766. The predicted molar refractivity (Wildman–Crippen MR) is 73.4 cm³/mol. The normalized spacial score (nSPS) is 10.8. The second kappa shape index (κ2) is 5.83. The molecule has 3 heteroatoms. The number of aromatic nitrogens is 1. The molecule has 0 radical (unpaired) electrons. The molecule has 1 N–H and O–H groups in total. The summed E-state index contributed by atoms with van der Waals surface area (Å²) >= 11 is 0. The van der Waals surface area contributed by atoms with Crippen LogP contribution in [0.4, 0.5) is 0 Å². The molecule has 1 aromatic carbocycles. The number of hydrogen-bond donors (Lipinski definition) is 1. The molecule has 2 rings (SSSR count). The molecule has 2 aromatic rings. The van der Waals surface area contributed by atoms with Crippen LogP contribution in [0.2, 0.25) is 0 Å². The summed E-state index contributed by atoms with van der Waals surface area (Å²) in [5.74, 6) is 0.848. The molecule has 0 bridgehead atoms. The topological polar surface area (TPSA) is 38.1 Å². The zero-order chi connectivity index (χ0) is 13.0. The first-order valence-electron chi connectivity index (χ1n) is 6.44. The highest BCUT2D eigenvalue weighted by atomic mass is 16.5. The van der Waals surface area contributed by atoms with Crippen LogP contribution in [0.25, 0.3) is 11.3 Å². The molecule has 1 aromatic heterocycles. The Kier molecular flexibility index (Phi) is 4.15. The summed E-state index contributed by atoms with van der Waals surface area (Å²) in [6, 6.07) is 8.36. The van der Waals surface area contributed by atoms with E-state index in [9.17, 15) is 0 Å². The van der Waals surface area contributed by atoms with Crippen molar-refractivity contribution in [3.05, 3.63) is 41.1 Å². The first-order chi connectivity index (χ1) is 8.70. The molecule has 96 valence electrons. The lowest BCUT2D eigenvalue weighted by Gasteiger charge is -2.02. The Morgan fingerprint density at radius 1 is 1.22 bits per heavy atom. The van der Waals surface area contributed by atoms with Crippen molar-refractivity contribution in [1.29, 1.82) is 0 Å². The van der Waals surface area contributed by atoms with Crippen molar-refractivity contribution in [3.63, 3.8) is 0 Å². The SMILES string of the molecule is CCCNCc1cc(-c2ccc(C)cc2C)on1. The van der Waals surface area contributed by atoms with Crippen molar-refractivity contribution in [1.82, 2.24) is 10.5 Å². The summed E-state index contributed by atoms with van der Waals surface area (Å²) in [7, 11) is 0. The summed E-state index contributed by atoms with van der Waals surface area (Å²) in [4.78, 5) is 0. The van der Waals surface area contributed by atoms with Gasteiger partial charge in [-0.3, -0.25) is 0 Å². The van der Waals surface area contributed by atoms with Crippen molar-refractivity contribution in [3.8, 4) is 11.3 Å². The largest absolute Gasteiger partial charge is 0.356 e. The van der Waals surface area contributed by atoms with Gasteiger partial charge in [0, 0.05) is 18.2 Å². The van der Waals surface area contributed by atoms with Gasteiger partial charge in [0.1, 0.15) is 0 Å². The molecule has 0 aliphatic rings. The standard InChI is InChI=1S/C15H20N2O/c1-4-7-16-10-13-9-15(18-17-13)14-6-5-11(2)8-12(14)3/h5-6,8-9,16H,4,7,10H2,1-3H3. The summed E-state index contributed by atoms with van der Waals surface area (Å²) in [5, 5.41) is 7.41. The molecule has 0 fully saturated rings. The van der Waals surface area contributed by atoms with Crippen molar-refractivity contribution < 1.29 is 4.52 Å². The molecular formula is C15H20N2O. The van der Waals surface area contributed by atoms with Crippen molar-refractivity contribution in [2.75, 3.05) is 6.54 Å². The van der Waals surface area contributed by atoms with Crippen molar-refractivity contribution in [2.45, 2.75) is 33.7 Å². The maximum Gasteiger partial charge on any atom is 0.167 e. The summed E-state index contributed by atoms with van der Waals surface area (Å²) in [6.07, 6.45) is 1.13. The van der Waals surface area contributed by atoms with Crippen LogP contribution in [0.1, 0.15) is 30.2 Å². The molecule has 0 aliphatic heterocycles. The van der Waals surface area contributed by atoms with Gasteiger partial charge in [0.15, 0.2) is 5.76 Å². The van der Waals surface area contributed by atoms with E-state index < -0.39 is 0 Å². The van der Waals surface area contributed by atoms with E-state index in [1.54, 1.807) is 0 Å². The number of nitrogens with zero attached hydrogens (tertiary/aromatic N) is 1. The van der Waals surface area contributed by atoms with Gasteiger partial charge in [0.2, 0.25) is 0 Å². The smallest absolute Gasteiger partial charge is 0.167 e. The highest BCUT2D eigenvalue weighted by Gasteiger charge is 2.08. The van der Waals surface area contributed by atoms with E-state index in [-0.39, 0.29) is 0 Å². The molecule has 0 amide bonds. The second-order valence-corrected chi connectivity index (χ2v) is 4.68. The van der Waals surface area contributed by atoms with Crippen LogP contribution >= 0.6 is 0 Å². The predicted octanol–water partition coefficient (Wildman–Crippen LogP) is 3.46. The van der Waals surface area contributed by atoms with E-state index in [0.29, 0.717) is 0 Å². The summed E-state index contributed by atoms with van der Waals surface area (Å²) in [5.41, 5.74) is 4.56. The third-order valence-corrected chi connectivity index (χ3v) is 2.94. The van der Waals surface area contributed by atoms with Gasteiger partial charge < -0.3 is 9.84 Å². The molecule has 1 heterocycles. The van der Waals surface area contributed by atoms with E-state index >= 15 is 0 Å². The first kappa shape index (κ1) is 12.8. The quantitative estimate of drug-likeness (QED) is 0.818. The fourth-order valence-electron chi connectivity index (χ4n) is 2.01. The lowest BCUT2D eigenvalue weighted by atomic mass is 10.0. The third kappa shape index (κ3) is 2.99. The average Bonchev–Trinajstić information content (AvgIpc) is 2.78. The van der Waals surface area contributed by atoms with Gasteiger partial charge in [-0.05, 0) is 32.4 Å². The van der Waals surface area contributed by atoms with Gasteiger partial charge in [-0.2, -0.15) is 0 Å². The van der Waals surface area contributed by atoms with E-state index in [1.807, 2.05) is 6.07 Å². The van der Waals surface area contributed by atoms with Crippen LogP contribution in [0.5, 0.6) is 0 Å². The molecule has 0 unspecified atom stereocenters. The fraction of sp³-hybridized carbons (Fsp3) is 0.400. The maximum atomic E-state index is 5.41. The average molecular weight is 244 g/mol. The molecule has 0 aliphatic carbocycles. The van der Waals surface area contributed by atoms with Crippen LogP contribution in [-0.4, -0.2) is 11.7 Å². The Morgan fingerprint density at radius 2 is 2.06 bits per heavy atom. The molecular weight excluding hydrogens is 224 g/mol. The maximum absolute atomic E-state index is 5.41. The minimum Gasteiger partial charge on any atom is -0.356 e. The van der Waals surface area contributed by atoms with Gasteiger partial charge in [-0.1, -0.05) is 35.8 Å². The molecule has 0 atom stereocenters. The Morgan fingerprint density at radius 3 is 2.78 bits per heavy atom. The zero-order valence-electron chi connectivity index (χ0n) is 11.3. The number of nitrogens with one attached hydrogen (secondary N) is 1. The Hall–Kier alpha value is -1.61. The van der Waals surface area contributed by atoms with Gasteiger partial charge in [0.25, 0.3) is 0 Å². The van der Waals surface area contributed by atoms with E-state index in [2.05, 4.69) is 49.4 Å². The molecule has 0 saturated heterocycles. The van der Waals surface area contributed by atoms with Crippen molar-refractivity contribution in [2.24, 2.45) is 0 Å². The molecule has 0 saturated carbocycles. The number of aryl methyl sites for hydroxylation is 2. The summed E-state index contributed by atoms with van der Waals surface area (Å²) < 4.78 is 5.41. The highest BCUT2D eigenvalue weighted by Crippen LogP contribution is 2.24. The molecule has 0 spiro atoms. The fourth-order valence-corrected chi connectivity index (χ4v) is 2.01. The summed E-state index contributed by atoms with van der Waals surface area (Å²) in [6.45, 7) is 8.11. The lowest BCUT2D eigenvalue weighted by Crippen LogP contribution is -2.13. The van der Waals surface area contributed by atoms with Gasteiger partial charge >= 0.3 is 0 Å². The van der Waals surface area contributed by atoms with Crippen LogP contribution in [0, 0.1) is 13.8 Å². The van der Waals surface area contributed by atoms with Crippen LogP contribution in [0.3, 0.4) is 0 Å². The second-order valence-electron chi connectivity index (χ2n) is 4.68. The van der Waals surface area contributed by atoms with Crippen LogP contribution < -0.4 is 5.32 Å². The number of benzene rings is 1. The third-order valence-electron chi connectivity index (χ3n) is 2.94. The van der Waals surface area contributed by atoms with Gasteiger partial charge in [-0.25, -0.2) is 0 Å². The number of hydrogen-bond acceptors (Lipinski definition) is 3. The minimum absolute atomic E-state index is 0.766.